The molecule has 17 heavy (non-hydrogen) atoms. The summed E-state index contributed by atoms with van der Waals surface area (Å²) in [5, 5.41) is 15.1. The van der Waals surface area contributed by atoms with Gasteiger partial charge in [0.15, 0.2) is 5.11 Å². The minimum atomic E-state index is 0.0895. The van der Waals surface area contributed by atoms with Gasteiger partial charge in [0, 0.05) is 13.1 Å². The summed E-state index contributed by atoms with van der Waals surface area (Å²) in [5.74, 6) is 0. The van der Waals surface area contributed by atoms with Crippen molar-refractivity contribution in [2.75, 3.05) is 13.2 Å². The van der Waals surface area contributed by atoms with E-state index in [1.54, 1.807) is 0 Å². The monoisotopic (exact) mass is 254 g/mol. The van der Waals surface area contributed by atoms with Gasteiger partial charge < -0.3 is 15.7 Å². The summed E-state index contributed by atoms with van der Waals surface area (Å²) in [7, 11) is 0. The van der Waals surface area contributed by atoms with Gasteiger partial charge in [-0.25, -0.2) is 0 Å². The molecule has 0 amide bonds. The fraction of sp³-hybridized carbons (Fsp3) is 0.462. The minimum Gasteiger partial charge on any atom is -0.395 e. The van der Waals surface area contributed by atoms with Crippen LogP contribution in [0.1, 0.15) is 25.0 Å². The third-order valence-corrected chi connectivity index (χ3v) is 2.22. The fourth-order valence-electron chi connectivity index (χ4n) is 1.24. The molecule has 0 radical (unpaired) electrons. The average Bonchev–Trinajstić information content (AvgIpc) is 2.36. The smallest absolute Gasteiger partial charge is 0.166 e. The Morgan fingerprint density at radius 1 is 1.29 bits per heavy atom. The fourth-order valence-corrected chi connectivity index (χ4v) is 1.41. The second kappa shape index (κ2) is 10.1. The van der Waals surface area contributed by atoms with Gasteiger partial charge in [-0.05, 0) is 24.7 Å². The number of aliphatic hydroxyl groups is 1. The van der Waals surface area contributed by atoms with Crippen molar-refractivity contribution in [3.8, 4) is 0 Å². The Labute approximate surface area is 109 Å². The molecule has 96 valence electrons. The molecule has 0 saturated heterocycles. The molecule has 0 fully saturated rings. The van der Waals surface area contributed by atoms with Gasteiger partial charge in [-0.2, -0.15) is 0 Å². The number of rotatable bonds is 4. The van der Waals surface area contributed by atoms with E-state index in [0.717, 1.165) is 0 Å². The Morgan fingerprint density at radius 3 is 2.59 bits per heavy atom. The lowest BCUT2D eigenvalue weighted by molar-refractivity contribution is 0.300. The first-order valence-electron chi connectivity index (χ1n) is 5.90. The normalized spacial score (nSPS) is 8.94. The molecular formula is C13H22N2OS. The summed E-state index contributed by atoms with van der Waals surface area (Å²) in [4.78, 5) is 0. The molecule has 3 nitrogen and oxygen atoms in total. The molecule has 0 aliphatic carbocycles. The predicted molar refractivity (Wildman–Crippen MR) is 77.1 cm³/mol. The summed E-state index contributed by atoms with van der Waals surface area (Å²) >= 11 is 5.02. The molecule has 0 aromatic heterocycles. The molecule has 0 spiro atoms. The Bertz CT molecular complexity index is 329. The molecular weight excluding hydrogens is 232 g/mol. The van der Waals surface area contributed by atoms with Crippen molar-refractivity contribution in [2.45, 2.75) is 27.3 Å². The lowest BCUT2D eigenvalue weighted by atomic mass is 10.1. The molecule has 0 unspecified atom stereocenters. The highest BCUT2D eigenvalue weighted by Crippen LogP contribution is 2.02. The molecule has 1 aromatic carbocycles. The first-order valence-corrected chi connectivity index (χ1v) is 6.31. The van der Waals surface area contributed by atoms with Crippen LogP contribution in [-0.2, 0) is 6.54 Å². The van der Waals surface area contributed by atoms with Crippen molar-refractivity contribution in [3.63, 3.8) is 0 Å². The van der Waals surface area contributed by atoms with Crippen LogP contribution in [0, 0.1) is 6.92 Å². The van der Waals surface area contributed by atoms with E-state index in [1.165, 1.54) is 11.1 Å². The highest BCUT2D eigenvalue weighted by molar-refractivity contribution is 7.80. The van der Waals surface area contributed by atoms with E-state index in [2.05, 4.69) is 35.8 Å². The van der Waals surface area contributed by atoms with Crippen molar-refractivity contribution in [3.05, 3.63) is 35.4 Å². The van der Waals surface area contributed by atoms with Crippen LogP contribution in [0.3, 0.4) is 0 Å². The maximum atomic E-state index is 8.59. The van der Waals surface area contributed by atoms with Gasteiger partial charge in [-0.3, -0.25) is 0 Å². The number of benzene rings is 1. The Morgan fingerprint density at radius 2 is 2.00 bits per heavy atom. The van der Waals surface area contributed by atoms with Gasteiger partial charge in [-0.15, -0.1) is 0 Å². The molecule has 3 N–H and O–H groups in total. The Kier molecular flexibility index (Phi) is 9.38. The maximum absolute atomic E-state index is 8.59. The summed E-state index contributed by atoms with van der Waals surface area (Å²) in [6.45, 7) is 7.34. The lowest BCUT2D eigenvalue weighted by Gasteiger charge is -2.09. The summed E-state index contributed by atoms with van der Waals surface area (Å²) < 4.78 is 0. The number of aliphatic hydroxyl groups excluding tert-OH is 1. The molecule has 0 aliphatic rings. The van der Waals surface area contributed by atoms with Crippen molar-refractivity contribution in [1.82, 2.24) is 10.6 Å². The van der Waals surface area contributed by atoms with Gasteiger partial charge in [0.1, 0.15) is 0 Å². The number of hydrogen-bond acceptors (Lipinski definition) is 2. The van der Waals surface area contributed by atoms with Gasteiger partial charge in [0.05, 0.1) is 6.61 Å². The first kappa shape index (κ1) is 15.9. The third-order valence-electron chi connectivity index (χ3n) is 1.93. The molecule has 0 aliphatic heterocycles. The topological polar surface area (TPSA) is 44.3 Å². The largest absolute Gasteiger partial charge is 0.395 e. The average molecular weight is 254 g/mol. The third kappa shape index (κ3) is 7.71. The zero-order valence-corrected chi connectivity index (χ0v) is 11.6. The van der Waals surface area contributed by atoms with E-state index >= 15 is 0 Å². The Balaban J connectivity index is 0.00000121. The van der Waals surface area contributed by atoms with Crippen LogP contribution in [0.5, 0.6) is 0 Å². The summed E-state index contributed by atoms with van der Waals surface area (Å²) in [6.07, 6.45) is 0. The van der Waals surface area contributed by atoms with E-state index in [0.29, 0.717) is 18.2 Å². The van der Waals surface area contributed by atoms with Gasteiger partial charge >= 0.3 is 0 Å². The van der Waals surface area contributed by atoms with Crippen molar-refractivity contribution in [1.29, 1.82) is 0 Å². The van der Waals surface area contributed by atoms with Gasteiger partial charge in [0.25, 0.3) is 0 Å². The van der Waals surface area contributed by atoms with Crippen LogP contribution in [0.2, 0.25) is 0 Å². The van der Waals surface area contributed by atoms with E-state index in [-0.39, 0.29) is 6.61 Å². The predicted octanol–water partition coefficient (Wildman–Crippen LogP) is 1.98. The molecule has 1 rings (SSSR count). The van der Waals surface area contributed by atoms with E-state index in [1.807, 2.05) is 19.9 Å². The zero-order valence-electron chi connectivity index (χ0n) is 10.8. The molecule has 0 bridgehead atoms. The van der Waals surface area contributed by atoms with Gasteiger partial charge in [0.2, 0.25) is 0 Å². The number of hydrogen-bond donors (Lipinski definition) is 3. The molecule has 1 aromatic rings. The number of aryl methyl sites for hydroxylation is 1. The molecule has 0 atom stereocenters. The standard InChI is InChI=1S/C11H16N2OS.C2H6/c1-9-3-2-4-10(7-9)8-13-11(15)12-5-6-14;1-2/h2-4,7,14H,5-6,8H2,1H3,(H2,12,13,15);1-2H3. The number of thiocarbonyl (C=S) groups is 1. The van der Waals surface area contributed by atoms with E-state index in [4.69, 9.17) is 17.3 Å². The van der Waals surface area contributed by atoms with E-state index < -0.39 is 0 Å². The quantitative estimate of drug-likeness (QED) is 0.719. The van der Waals surface area contributed by atoms with Crippen LogP contribution in [0.15, 0.2) is 24.3 Å². The molecule has 0 saturated carbocycles. The van der Waals surface area contributed by atoms with Crippen molar-refractivity contribution < 1.29 is 5.11 Å². The van der Waals surface area contributed by atoms with Gasteiger partial charge in [-0.1, -0.05) is 43.7 Å². The highest BCUT2D eigenvalue weighted by Gasteiger charge is 1.95. The summed E-state index contributed by atoms with van der Waals surface area (Å²) in [5.41, 5.74) is 2.44. The first-order chi connectivity index (χ1) is 8.22. The second-order valence-electron chi connectivity index (χ2n) is 3.32. The minimum absolute atomic E-state index is 0.0895. The lowest BCUT2D eigenvalue weighted by Crippen LogP contribution is -2.36. The molecule has 4 heteroatoms. The highest BCUT2D eigenvalue weighted by atomic mass is 32.1. The van der Waals surface area contributed by atoms with Crippen LogP contribution in [0.4, 0.5) is 0 Å². The van der Waals surface area contributed by atoms with Crippen LogP contribution in [-0.4, -0.2) is 23.4 Å². The second-order valence-corrected chi connectivity index (χ2v) is 3.73. The maximum Gasteiger partial charge on any atom is 0.166 e. The van der Waals surface area contributed by atoms with Crippen LogP contribution in [0.25, 0.3) is 0 Å². The number of nitrogens with one attached hydrogen (secondary N) is 2. The summed E-state index contributed by atoms with van der Waals surface area (Å²) in [6, 6.07) is 8.25. The van der Waals surface area contributed by atoms with Crippen molar-refractivity contribution >= 4 is 17.3 Å². The zero-order chi connectivity index (χ0) is 13.1. The van der Waals surface area contributed by atoms with E-state index in [9.17, 15) is 0 Å². The molecule has 0 heterocycles. The van der Waals surface area contributed by atoms with Crippen molar-refractivity contribution in [2.24, 2.45) is 0 Å². The van der Waals surface area contributed by atoms with Crippen LogP contribution >= 0.6 is 12.2 Å². The SMILES string of the molecule is CC.Cc1cccc(CNC(=S)NCCO)c1. The Hall–Kier alpha value is -1.13. The van der Waals surface area contributed by atoms with Crippen LogP contribution < -0.4 is 10.6 Å².